The Labute approximate surface area is 102 Å². The summed E-state index contributed by atoms with van der Waals surface area (Å²) in [7, 11) is 1.89. The van der Waals surface area contributed by atoms with Gasteiger partial charge in [0.15, 0.2) is 0 Å². The fourth-order valence-corrected chi connectivity index (χ4v) is 1.78. The summed E-state index contributed by atoms with van der Waals surface area (Å²) in [6.45, 7) is 2.43. The summed E-state index contributed by atoms with van der Waals surface area (Å²) in [5, 5.41) is 3.23. The number of likely N-dealkylation sites (N-methyl/N-ethyl adjacent to an activating group) is 1. The van der Waals surface area contributed by atoms with E-state index in [0.717, 1.165) is 18.4 Å². The number of amides is 1. The third-order valence-corrected chi connectivity index (χ3v) is 3.23. The van der Waals surface area contributed by atoms with Crippen LogP contribution in [0.2, 0.25) is 0 Å². The van der Waals surface area contributed by atoms with Crippen molar-refractivity contribution in [3.63, 3.8) is 0 Å². The average molecular weight is 233 g/mol. The Morgan fingerprint density at radius 2 is 2.41 bits per heavy atom. The zero-order valence-corrected chi connectivity index (χ0v) is 10.4. The van der Waals surface area contributed by atoms with Crippen molar-refractivity contribution in [2.45, 2.75) is 31.8 Å². The summed E-state index contributed by atoms with van der Waals surface area (Å²) in [6, 6.07) is 4.56. The number of hydrogen-bond acceptors (Lipinski definition) is 3. The molecule has 1 saturated carbocycles. The normalized spacial score (nSPS) is 16.6. The number of carbonyl (C=O) groups is 1. The Hall–Kier alpha value is -1.42. The number of aromatic nitrogens is 1. The lowest BCUT2D eigenvalue weighted by molar-refractivity contribution is -0.129. The van der Waals surface area contributed by atoms with Gasteiger partial charge in [-0.25, -0.2) is 0 Å². The molecule has 1 aromatic rings. The summed E-state index contributed by atoms with van der Waals surface area (Å²) < 4.78 is 0. The van der Waals surface area contributed by atoms with Crippen molar-refractivity contribution in [1.29, 1.82) is 0 Å². The van der Waals surface area contributed by atoms with Crippen molar-refractivity contribution in [2.24, 2.45) is 0 Å². The molecule has 17 heavy (non-hydrogen) atoms. The summed E-state index contributed by atoms with van der Waals surface area (Å²) >= 11 is 0. The lowest BCUT2D eigenvalue weighted by atomic mass is 10.1. The molecule has 0 bridgehead atoms. The van der Waals surface area contributed by atoms with Gasteiger partial charge in [-0.15, -0.1) is 0 Å². The Morgan fingerprint density at radius 3 is 3.00 bits per heavy atom. The van der Waals surface area contributed by atoms with Crippen molar-refractivity contribution in [3.05, 3.63) is 30.1 Å². The quantitative estimate of drug-likeness (QED) is 0.835. The zero-order valence-electron chi connectivity index (χ0n) is 10.4. The van der Waals surface area contributed by atoms with Crippen LogP contribution >= 0.6 is 0 Å². The second-order valence-electron chi connectivity index (χ2n) is 4.62. The second kappa shape index (κ2) is 5.27. The standard InChI is InChI=1S/C13H19N3O/c1-10(11-4-3-7-14-8-11)15-9-13(17)16(2)12-5-6-12/h3-4,7-8,10,12,15H,5-6,9H2,1-2H3/t10-/m1/s1. The van der Waals surface area contributed by atoms with Gasteiger partial charge in [-0.2, -0.15) is 0 Å². The zero-order chi connectivity index (χ0) is 12.3. The Morgan fingerprint density at radius 1 is 1.65 bits per heavy atom. The Bertz CT molecular complexity index is 376. The van der Waals surface area contributed by atoms with E-state index in [2.05, 4.69) is 10.3 Å². The third kappa shape index (κ3) is 3.27. The molecule has 1 N–H and O–H groups in total. The molecule has 1 amide bonds. The number of nitrogens with zero attached hydrogens (tertiary/aromatic N) is 2. The maximum Gasteiger partial charge on any atom is 0.236 e. The minimum Gasteiger partial charge on any atom is -0.342 e. The number of nitrogens with one attached hydrogen (secondary N) is 1. The van der Waals surface area contributed by atoms with E-state index in [4.69, 9.17) is 0 Å². The molecule has 1 aliphatic rings. The van der Waals surface area contributed by atoms with Gasteiger partial charge in [0.2, 0.25) is 5.91 Å². The van der Waals surface area contributed by atoms with Crippen LogP contribution in [0.1, 0.15) is 31.4 Å². The van der Waals surface area contributed by atoms with Gasteiger partial charge in [0.1, 0.15) is 0 Å². The highest BCUT2D eigenvalue weighted by molar-refractivity contribution is 5.78. The smallest absolute Gasteiger partial charge is 0.236 e. The first kappa shape index (κ1) is 12.0. The molecule has 1 atom stereocenters. The van der Waals surface area contributed by atoms with Crippen LogP contribution in [0, 0.1) is 0 Å². The van der Waals surface area contributed by atoms with Crippen molar-refractivity contribution in [1.82, 2.24) is 15.2 Å². The average Bonchev–Trinajstić information content (AvgIpc) is 3.20. The summed E-state index contributed by atoms with van der Waals surface area (Å²) in [4.78, 5) is 17.7. The van der Waals surface area contributed by atoms with Crippen LogP contribution in [-0.2, 0) is 4.79 Å². The molecule has 0 aromatic carbocycles. The number of hydrogen-bond donors (Lipinski definition) is 1. The predicted molar refractivity (Wildman–Crippen MR) is 66.4 cm³/mol. The van der Waals surface area contributed by atoms with Crippen LogP contribution in [-0.4, -0.2) is 35.4 Å². The second-order valence-corrected chi connectivity index (χ2v) is 4.62. The van der Waals surface area contributed by atoms with E-state index in [1.54, 1.807) is 6.20 Å². The fraction of sp³-hybridized carbons (Fsp3) is 0.538. The monoisotopic (exact) mass is 233 g/mol. The van der Waals surface area contributed by atoms with Crippen LogP contribution in [0.4, 0.5) is 0 Å². The predicted octanol–water partition coefficient (Wildman–Crippen LogP) is 1.35. The van der Waals surface area contributed by atoms with Crippen molar-refractivity contribution in [2.75, 3.05) is 13.6 Å². The summed E-state index contributed by atoms with van der Waals surface area (Å²) in [5.74, 6) is 0.170. The minimum atomic E-state index is 0.153. The first-order valence-electron chi connectivity index (χ1n) is 6.07. The maximum atomic E-state index is 11.8. The van der Waals surface area contributed by atoms with E-state index in [1.165, 1.54) is 0 Å². The van der Waals surface area contributed by atoms with Crippen LogP contribution in [0.3, 0.4) is 0 Å². The molecule has 4 nitrogen and oxygen atoms in total. The van der Waals surface area contributed by atoms with E-state index < -0.39 is 0 Å². The third-order valence-electron chi connectivity index (χ3n) is 3.23. The molecule has 1 aliphatic carbocycles. The van der Waals surface area contributed by atoms with Crippen LogP contribution in [0.5, 0.6) is 0 Å². The van der Waals surface area contributed by atoms with E-state index >= 15 is 0 Å². The highest BCUT2D eigenvalue weighted by Gasteiger charge is 2.29. The molecule has 1 fully saturated rings. The summed E-state index contributed by atoms with van der Waals surface area (Å²) in [6.07, 6.45) is 5.88. The van der Waals surface area contributed by atoms with Gasteiger partial charge in [-0.05, 0) is 31.4 Å². The van der Waals surface area contributed by atoms with Gasteiger partial charge >= 0.3 is 0 Å². The molecule has 92 valence electrons. The van der Waals surface area contributed by atoms with Gasteiger partial charge in [0.25, 0.3) is 0 Å². The molecule has 0 spiro atoms. The molecule has 0 saturated heterocycles. The Balaban J connectivity index is 1.79. The molecular formula is C13H19N3O. The molecule has 1 heterocycles. The molecule has 0 unspecified atom stereocenters. The number of rotatable bonds is 5. The first-order valence-corrected chi connectivity index (χ1v) is 6.07. The van der Waals surface area contributed by atoms with E-state index in [0.29, 0.717) is 12.6 Å². The highest BCUT2D eigenvalue weighted by atomic mass is 16.2. The first-order chi connectivity index (χ1) is 8.18. The van der Waals surface area contributed by atoms with E-state index in [1.807, 2.05) is 37.2 Å². The van der Waals surface area contributed by atoms with Gasteiger partial charge in [0.05, 0.1) is 6.54 Å². The SMILES string of the molecule is C[C@@H](NCC(=O)N(C)C1CC1)c1cccnc1. The van der Waals surface area contributed by atoms with Gasteiger partial charge in [-0.1, -0.05) is 6.07 Å². The summed E-state index contributed by atoms with van der Waals surface area (Å²) in [5.41, 5.74) is 1.11. The molecule has 1 aromatic heterocycles. The lowest BCUT2D eigenvalue weighted by Crippen LogP contribution is -2.37. The van der Waals surface area contributed by atoms with E-state index in [-0.39, 0.29) is 11.9 Å². The fourth-order valence-electron chi connectivity index (χ4n) is 1.78. The number of carbonyl (C=O) groups excluding carboxylic acids is 1. The molecular weight excluding hydrogens is 214 g/mol. The minimum absolute atomic E-state index is 0.153. The molecule has 4 heteroatoms. The topological polar surface area (TPSA) is 45.2 Å². The van der Waals surface area contributed by atoms with Crippen molar-refractivity contribution < 1.29 is 4.79 Å². The van der Waals surface area contributed by atoms with Crippen LogP contribution in [0.25, 0.3) is 0 Å². The maximum absolute atomic E-state index is 11.8. The van der Waals surface area contributed by atoms with Crippen LogP contribution < -0.4 is 5.32 Å². The van der Waals surface area contributed by atoms with Crippen molar-refractivity contribution >= 4 is 5.91 Å². The van der Waals surface area contributed by atoms with Gasteiger partial charge < -0.3 is 10.2 Å². The molecule has 0 aliphatic heterocycles. The number of pyridine rings is 1. The van der Waals surface area contributed by atoms with Crippen molar-refractivity contribution in [3.8, 4) is 0 Å². The lowest BCUT2D eigenvalue weighted by Gasteiger charge is -2.19. The highest BCUT2D eigenvalue weighted by Crippen LogP contribution is 2.25. The van der Waals surface area contributed by atoms with Gasteiger partial charge in [-0.3, -0.25) is 9.78 Å². The van der Waals surface area contributed by atoms with Gasteiger partial charge in [0, 0.05) is 31.5 Å². The van der Waals surface area contributed by atoms with E-state index in [9.17, 15) is 4.79 Å². The molecule has 0 radical (unpaired) electrons. The largest absolute Gasteiger partial charge is 0.342 e. The molecule has 2 rings (SSSR count). The Kier molecular flexibility index (Phi) is 3.74. The van der Waals surface area contributed by atoms with Crippen LogP contribution in [0.15, 0.2) is 24.5 Å².